The van der Waals surface area contributed by atoms with Crippen molar-refractivity contribution in [2.24, 2.45) is 5.41 Å². The maximum Gasteiger partial charge on any atom is 0.315 e. The standard InChI is InChI=1S/C16H27N3O/c1-11-8-13(12(2)19(11)14-6-7-14)9-17-15(20)18-10-16(3,4)5/h8,14H,6-7,9-10H2,1-5H3,(H2,17,18,20). The van der Waals surface area contributed by atoms with E-state index in [4.69, 9.17) is 0 Å². The average Bonchev–Trinajstić information content (AvgIpc) is 3.11. The van der Waals surface area contributed by atoms with E-state index < -0.39 is 0 Å². The highest BCUT2D eigenvalue weighted by atomic mass is 16.2. The van der Waals surface area contributed by atoms with Crippen molar-refractivity contribution >= 4 is 6.03 Å². The van der Waals surface area contributed by atoms with Crippen molar-refractivity contribution in [1.29, 1.82) is 0 Å². The van der Waals surface area contributed by atoms with Crippen molar-refractivity contribution in [3.8, 4) is 0 Å². The topological polar surface area (TPSA) is 46.1 Å². The molecule has 0 spiro atoms. The van der Waals surface area contributed by atoms with Gasteiger partial charge in [-0.25, -0.2) is 4.79 Å². The molecule has 0 aromatic carbocycles. The number of carbonyl (C=O) groups is 1. The Morgan fingerprint density at radius 3 is 2.50 bits per heavy atom. The molecule has 4 nitrogen and oxygen atoms in total. The molecular weight excluding hydrogens is 250 g/mol. The van der Waals surface area contributed by atoms with Crippen LogP contribution in [0.25, 0.3) is 0 Å². The van der Waals surface area contributed by atoms with E-state index in [1.807, 2.05) is 0 Å². The lowest BCUT2D eigenvalue weighted by Crippen LogP contribution is -2.39. The van der Waals surface area contributed by atoms with Gasteiger partial charge in [0.1, 0.15) is 0 Å². The summed E-state index contributed by atoms with van der Waals surface area (Å²) in [7, 11) is 0. The van der Waals surface area contributed by atoms with Crippen LogP contribution in [0.4, 0.5) is 4.79 Å². The summed E-state index contributed by atoms with van der Waals surface area (Å²) in [5.41, 5.74) is 3.93. The number of urea groups is 1. The summed E-state index contributed by atoms with van der Waals surface area (Å²) in [5, 5.41) is 5.86. The molecule has 1 aliphatic rings. The van der Waals surface area contributed by atoms with Crippen LogP contribution in [-0.2, 0) is 6.54 Å². The predicted molar refractivity (Wildman–Crippen MR) is 81.9 cm³/mol. The summed E-state index contributed by atoms with van der Waals surface area (Å²) < 4.78 is 2.41. The Morgan fingerprint density at radius 2 is 1.95 bits per heavy atom. The highest BCUT2D eigenvalue weighted by molar-refractivity contribution is 5.73. The summed E-state index contributed by atoms with van der Waals surface area (Å²) in [6.07, 6.45) is 2.57. The van der Waals surface area contributed by atoms with Gasteiger partial charge in [-0.05, 0) is 43.7 Å². The largest absolute Gasteiger partial charge is 0.346 e. The molecule has 1 aromatic heterocycles. The predicted octanol–water partition coefficient (Wildman–Crippen LogP) is 3.29. The van der Waals surface area contributed by atoms with Gasteiger partial charge in [0.25, 0.3) is 0 Å². The molecule has 0 bridgehead atoms. The van der Waals surface area contributed by atoms with Gasteiger partial charge >= 0.3 is 6.03 Å². The molecule has 2 N–H and O–H groups in total. The van der Waals surface area contributed by atoms with Gasteiger partial charge in [0.05, 0.1) is 0 Å². The van der Waals surface area contributed by atoms with Crippen molar-refractivity contribution in [2.75, 3.05) is 6.54 Å². The third-order valence-electron chi connectivity index (χ3n) is 3.72. The van der Waals surface area contributed by atoms with Gasteiger partial charge in [0, 0.05) is 30.5 Å². The van der Waals surface area contributed by atoms with Crippen LogP contribution in [0.2, 0.25) is 0 Å². The molecule has 1 saturated carbocycles. The smallest absolute Gasteiger partial charge is 0.315 e. The number of aromatic nitrogens is 1. The van der Waals surface area contributed by atoms with E-state index in [0.717, 1.165) is 0 Å². The number of hydrogen-bond donors (Lipinski definition) is 2. The summed E-state index contributed by atoms with van der Waals surface area (Å²) in [6.45, 7) is 11.9. The number of carbonyl (C=O) groups excluding carboxylic acids is 1. The minimum atomic E-state index is -0.0869. The number of hydrogen-bond acceptors (Lipinski definition) is 1. The molecule has 0 saturated heterocycles. The van der Waals surface area contributed by atoms with Gasteiger partial charge < -0.3 is 15.2 Å². The second-order valence-electron chi connectivity index (χ2n) is 7.09. The maximum absolute atomic E-state index is 11.8. The normalized spacial score (nSPS) is 15.2. The molecule has 112 valence electrons. The van der Waals surface area contributed by atoms with E-state index >= 15 is 0 Å². The molecule has 0 atom stereocenters. The SMILES string of the molecule is Cc1cc(CNC(=O)NCC(C)(C)C)c(C)n1C1CC1. The fourth-order valence-electron chi connectivity index (χ4n) is 2.50. The molecule has 1 heterocycles. The van der Waals surface area contributed by atoms with Crippen LogP contribution in [0.3, 0.4) is 0 Å². The van der Waals surface area contributed by atoms with Gasteiger partial charge in [0.2, 0.25) is 0 Å². The third-order valence-corrected chi connectivity index (χ3v) is 3.72. The fourth-order valence-corrected chi connectivity index (χ4v) is 2.50. The molecule has 4 heteroatoms. The third kappa shape index (κ3) is 3.78. The van der Waals surface area contributed by atoms with Gasteiger partial charge in [-0.3, -0.25) is 0 Å². The lowest BCUT2D eigenvalue weighted by atomic mass is 9.97. The van der Waals surface area contributed by atoms with Crippen LogP contribution < -0.4 is 10.6 Å². The van der Waals surface area contributed by atoms with Gasteiger partial charge in [-0.15, -0.1) is 0 Å². The highest BCUT2D eigenvalue weighted by Gasteiger charge is 2.26. The lowest BCUT2D eigenvalue weighted by Gasteiger charge is -2.18. The monoisotopic (exact) mass is 277 g/mol. The van der Waals surface area contributed by atoms with E-state index in [-0.39, 0.29) is 11.4 Å². The Morgan fingerprint density at radius 1 is 1.30 bits per heavy atom. The van der Waals surface area contributed by atoms with E-state index in [2.05, 4.69) is 55.9 Å². The Hall–Kier alpha value is -1.45. The molecule has 2 amide bonds. The Bertz CT molecular complexity index is 493. The number of aryl methyl sites for hydroxylation is 1. The van der Waals surface area contributed by atoms with Crippen LogP contribution in [0, 0.1) is 19.3 Å². The summed E-state index contributed by atoms with van der Waals surface area (Å²) >= 11 is 0. The second-order valence-corrected chi connectivity index (χ2v) is 7.09. The van der Waals surface area contributed by atoms with Crippen molar-refractivity contribution < 1.29 is 4.79 Å². The van der Waals surface area contributed by atoms with E-state index in [1.54, 1.807) is 0 Å². The van der Waals surface area contributed by atoms with Crippen molar-refractivity contribution in [3.05, 3.63) is 23.0 Å². The van der Waals surface area contributed by atoms with Crippen molar-refractivity contribution in [3.63, 3.8) is 0 Å². The van der Waals surface area contributed by atoms with Crippen molar-refractivity contribution in [2.45, 2.75) is 60.0 Å². The maximum atomic E-state index is 11.8. The second kappa shape index (κ2) is 5.51. The number of nitrogens with zero attached hydrogens (tertiary/aromatic N) is 1. The number of nitrogens with one attached hydrogen (secondary N) is 2. The average molecular weight is 277 g/mol. The fraction of sp³-hybridized carbons (Fsp3) is 0.688. The molecule has 1 aromatic rings. The zero-order chi connectivity index (χ0) is 14.9. The minimum absolute atomic E-state index is 0.0869. The lowest BCUT2D eigenvalue weighted by molar-refractivity contribution is 0.235. The number of amides is 2. The Balaban J connectivity index is 1.88. The minimum Gasteiger partial charge on any atom is -0.346 e. The molecule has 20 heavy (non-hydrogen) atoms. The zero-order valence-electron chi connectivity index (χ0n) is 13.3. The molecular formula is C16H27N3O. The Kier molecular flexibility index (Phi) is 4.11. The van der Waals surface area contributed by atoms with Crippen LogP contribution >= 0.6 is 0 Å². The van der Waals surface area contributed by atoms with Crippen LogP contribution in [0.1, 0.15) is 56.6 Å². The molecule has 1 fully saturated rings. The molecule has 0 radical (unpaired) electrons. The number of rotatable bonds is 4. The van der Waals surface area contributed by atoms with Gasteiger partial charge in [-0.1, -0.05) is 20.8 Å². The van der Waals surface area contributed by atoms with E-state index in [0.29, 0.717) is 19.1 Å². The molecule has 0 unspecified atom stereocenters. The molecule has 1 aliphatic carbocycles. The van der Waals surface area contributed by atoms with Crippen LogP contribution in [0.15, 0.2) is 6.07 Å². The first-order valence-corrected chi connectivity index (χ1v) is 7.47. The van der Waals surface area contributed by atoms with Crippen LogP contribution in [-0.4, -0.2) is 17.1 Å². The van der Waals surface area contributed by atoms with E-state index in [1.165, 1.54) is 29.8 Å². The summed E-state index contributed by atoms with van der Waals surface area (Å²) in [5.74, 6) is 0. The quantitative estimate of drug-likeness (QED) is 0.871. The van der Waals surface area contributed by atoms with Gasteiger partial charge in [0.15, 0.2) is 0 Å². The van der Waals surface area contributed by atoms with Gasteiger partial charge in [-0.2, -0.15) is 0 Å². The highest BCUT2D eigenvalue weighted by Crippen LogP contribution is 2.38. The zero-order valence-corrected chi connectivity index (χ0v) is 13.3. The summed E-state index contributed by atoms with van der Waals surface area (Å²) in [4.78, 5) is 11.8. The van der Waals surface area contributed by atoms with E-state index in [9.17, 15) is 4.79 Å². The molecule has 0 aliphatic heterocycles. The van der Waals surface area contributed by atoms with Crippen molar-refractivity contribution in [1.82, 2.24) is 15.2 Å². The first-order chi connectivity index (χ1) is 9.28. The first-order valence-electron chi connectivity index (χ1n) is 7.47. The van der Waals surface area contributed by atoms with Crippen LogP contribution in [0.5, 0.6) is 0 Å². The molecule has 2 rings (SSSR count). The summed E-state index contributed by atoms with van der Waals surface area (Å²) in [6, 6.07) is 2.80. The first kappa shape index (κ1) is 14.9. The Labute approximate surface area is 121 Å².